The summed E-state index contributed by atoms with van der Waals surface area (Å²) in [5, 5.41) is 6.18. The molecule has 0 saturated carbocycles. The van der Waals surface area contributed by atoms with Crippen molar-refractivity contribution in [3.8, 4) is 0 Å². The van der Waals surface area contributed by atoms with Crippen molar-refractivity contribution < 1.29 is 9.59 Å². The zero-order valence-corrected chi connectivity index (χ0v) is 12.8. The molecule has 0 bridgehead atoms. The highest BCUT2D eigenvalue weighted by atomic mass is 35.5. The molecule has 0 saturated heterocycles. The Hall–Kier alpha value is -2.53. The van der Waals surface area contributed by atoms with Gasteiger partial charge in [-0.25, -0.2) is 0 Å². The largest absolute Gasteiger partial charge is 0.375 e. The molecule has 0 atom stereocenters. The lowest BCUT2D eigenvalue weighted by Crippen LogP contribution is -2.23. The van der Waals surface area contributed by atoms with E-state index in [4.69, 9.17) is 17.3 Å². The van der Waals surface area contributed by atoms with Crippen molar-refractivity contribution in [2.75, 3.05) is 17.2 Å². The van der Waals surface area contributed by atoms with Crippen molar-refractivity contribution >= 4 is 34.8 Å². The number of anilines is 2. The summed E-state index contributed by atoms with van der Waals surface area (Å²) in [6.07, 6.45) is 0. The molecule has 0 aliphatic heterocycles. The van der Waals surface area contributed by atoms with Crippen LogP contribution in [-0.4, -0.2) is 18.4 Å². The molecule has 0 radical (unpaired) electrons. The zero-order valence-electron chi connectivity index (χ0n) is 12.0. The van der Waals surface area contributed by atoms with Crippen molar-refractivity contribution in [1.82, 2.24) is 0 Å². The second kappa shape index (κ2) is 6.95. The van der Waals surface area contributed by atoms with Crippen molar-refractivity contribution in [1.29, 1.82) is 0 Å². The van der Waals surface area contributed by atoms with Gasteiger partial charge < -0.3 is 16.4 Å². The van der Waals surface area contributed by atoms with Crippen LogP contribution in [0, 0.1) is 6.92 Å². The predicted octanol–water partition coefficient (Wildman–Crippen LogP) is 2.80. The normalized spacial score (nSPS) is 10.1. The zero-order chi connectivity index (χ0) is 16.1. The van der Waals surface area contributed by atoms with Gasteiger partial charge in [0.05, 0.1) is 12.1 Å². The van der Waals surface area contributed by atoms with E-state index >= 15 is 0 Å². The van der Waals surface area contributed by atoms with Gasteiger partial charge in [0.2, 0.25) is 5.91 Å². The smallest absolute Gasteiger partial charge is 0.251 e. The van der Waals surface area contributed by atoms with Gasteiger partial charge in [0.25, 0.3) is 5.91 Å². The fourth-order valence-corrected chi connectivity index (χ4v) is 2.28. The molecule has 2 amide bonds. The molecule has 0 fully saturated rings. The standard InChI is InChI=1S/C16H16ClN3O2/c1-10-4-2-7-13(15(10)16(18)22)19-9-14(21)20-12-6-3-5-11(17)8-12/h2-8,19H,9H2,1H3,(H2,18,22)(H,20,21). The van der Waals surface area contributed by atoms with E-state index in [0.29, 0.717) is 22.0 Å². The van der Waals surface area contributed by atoms with E-state index in [9.17, 15) is 9.59 Å². The highest BCUT2D eigenvalue weighted by Gasteiger charge is 2.12. The van der Waals surface area contributed by atoms with Gasteiger partial charge in [0, 0.05) is 16.4 Å². The second-order valence-electron chi connectivity index (χ2n) is 4.77. The molecular weight excluding hydrogens is 302 g/mol. The number of nitrogens with two attached hydrogens (primary N) is 1. The van der Waals surface area contributed by atoms with Crippen LogP contribution in [0.4, 0.5) is 11.4 Å². The van der Waals surface area contributed by atoms with Crippen LogP contribution >= 0.6 is 11.6 Å². The Morgan fingerprint density at radius 3 is 2.59 bits per heavy atom. The highest BCUT2D eigenvalue weighted by Crippen LogP contribution is 2.19. The second-order valence-corrected chi connectivity index (χ2v) is 5.21. The van der Waals surface area contributed by atoms with E-state index < -0.39 is 5.91 Å². The maximum Gasteiger partial charge on any atom is 0.251 e. The van der Waals surface area contributed by atoms with Crippen LogP contribution in [0.25, 0.3) is 0 Å². The minimum Gasteiger partial charge on any atom is -0.375 e. The van der Waals surface area contributed by atoms with Crippen LogP contribution in [-0.2, 0) is 4.79 Å². The summed E-state index contributed by atoms with van der Waals surface area (Å²) in [5.74, 6) is -0.782. The maximum absolute atomic E-state index is 11.9. The number of hydrogen-bond acceptors (Lipinski definition) is 3. The summed E-state index contributed by atoms with van der Waals surface area (Å²) in [4.78, 5) is 23.4. The van der Waals surface area contributed by atoms with Crippen molar-refractivity contribution in [2.45, 2.75) is 6.92 Å². The average molecular weight is 318 g/mol. The van der Waals surface area contributed by atoms with Crippen molar-refractivity contribution in [2.24, 2.45) is 5.73 Å². The number of halogens is 1. The molecule has 4 N–H and O–H groups in total. The number of aryl methyl sites for hydroxylation is 1. The fourth-order valence-electron chi connectivity index (χ4n) is 2.09. The molecule has 0 aliphatic rings. The van der Waals surface area contributed by atoms with E-state index in [-0.39, 0.29) is 12.5 Å². The molecule has 2 aromatic carbocycles. The quantitative estimate of drug-likeness (QED) is 0.792. The number of rotatable bonds is 5. The number of primary amides is 1. The average Bonchev–Trinajstić information content (AvgIpc) is 2.44. The Balaban J connectivity index is 2.03. The van der Waals surface area contributed by atoms with E-state index in [0.717, 1.165) is 5.56 Å². The number of carbonyl (C=O) groups excluding carboxylic acids is 2. The molecule has 6 heteroatoms. The van der Waals surface area contributed by atoms with Gasteiger partial charge in [-0.2, -0.15) is 0 Å². The lowest BCUT2D eigenvalue weighted by molar-refractivity contribution is -0.114. The predicted molar refractivity (Wildman–Crippen MR) is 88.3 cm³/mol. The topological polar surface area (TPSA) is 84.2 Å². The minimum atomic E-state index is -0.532. The lowest BCUT2D eigenvalue weighted by Gasteiger charge is -2.12. The van der Waals surface area contributed by atoms with E-state index in [2.05, 4.69) is 10.6 Å². The Bertz CT molecular complexity index is 716. The van der Waals surface area contributed by atoms with Crippen LogP contribution in [0.5, 0.6) is 0 Å². The third-order valence-electron chi connectivity index (χ3n) is 3.07. The first kappa shape index (κ1) is 15.9. The monoisotopic (exact) mass is 317 g/mol. The SMILES string of the molecule is Cc1cccc(NCC(=O)Nc2cccc(Cl)c2)c1C(N)=O. The van der Waals surface area contributed by atoms with Gasteiger partial charge >= 0.3 is 0 Å². The third-order valence-corrected chi connectivity index (χ3v) is 3.30. The number of hydrogen-bond donors (Lipinski definition) is 3. The van der Waals surface area contributed by atoms with Gasteiger partial charge in [0.15, 0.2) is 0 Å². The first-order valence-corrected chi connectivity index (χ1v) is 7.04. The molecule has 114 valence electrons. The van der Waals surface area contributed by atoms with E-state index in [1.807, 2.05) is 0 Å². The van der Waals surface area contributed by atoms with Gasteiger partial charge in [-0.05, 0) is 36.8 Å². The van der Waals surface area contributed by atoms with Crippen LogP contribution in [0.3, 0.4) is 0 Å². The first-order valence-electron chi connectivity index (χ1n) is 6.66. The fraction of sp³-hybridized carbons (Fsp3) is 0.125. The van der Waals surface area contributed by atoms with Gasteiger partial charge in [-0.3, -0.25) is 9.59 Å². The Labute approximate surface area is 133 Å². The number of amides is 2. The summed E-state index contributed by atoms with van der Waals surface area (Å²) in [6.45, 7) is 1.80. The molecule has 0 heterocycles. The summed E-state index contributed by atoms with van der Waals surface area (Å²) in [5.41, 5.74) is 7.66. The Kier molecular flexibility index (Phi) is 5.01. The van der Waals surface area contributed by atoms with Crippen LogP contribution < -0.4 is 16.4 Å². The Morgan fingerprint density at radius 1 is 1.18 bits per heavy atom. The highest BCUT2D eigenvalue weighted by molar-refractivity contribution is 6.30. The van der Waals surface area contributed by atoms with Crippen molar-refractivity contribution in [3.05, 3.63) is 58.6 Å². The van der Waals surface area contributed by atoms with Gasteiger partial charge in [-0.1, -0.05) is 29.8 Å². The van der Waals surface area contributed by atoms with Crippen LogP contribution in [0.15, 0.2) is 42.5 Å². The molecule has 22 heavy (non-hydrogen) atoms. The molecule has 0 spiro atoms. The molecule has 2 aromatic rings. The molecule has 0 aromatic heterocycles. The molecule has 0 aliphatic carbocycles. The number of nitrogens with one attached hydrogen (secondary N) is 2. The van der Waals surface area contributed by atoms with Gasteiger partial charge in [-0.15, -0.1) is 0 Å². The molecule has 2 rings (SSSR count). The number of benzene rings is 2. The first-order chi connectivity index (χ1) is 10.5. The summed E-state index contributed by atoms with van der Waals surface area (Å²) < 4.78 is 0. The van der Waals surface area contributed by atoms with Gasteiger partial charge in [0.1, 0.15) is 0 Å². The maximum atomic E-state index is 11.9. The third kappa shape index (κ3) is 3.99. The van der Waals surface area contributed by atoms with Crippen LogP contribution in [0.2, 0.25) is 5.02 Å². The van der Waals surface area contributed by atoms with E-state index in [1.165, 1.54) is 0 Å². The molecule has 0 unspecified atom stereocenters. The molecular formula is C16H16ClN3O2. The summed E-state index contributed by atoms with van der Waals surface area (Å²) >= 11 is 5.86. The summed E-state index contributed by atoms with van der Waals surface area (Å²) in [7, 11) is 0. The minimum absolute atomic E-state index is 0.0102. The van der Waals surface area contributed by atoms with Crippen molar-refractivity contribution in [3.63, 3.8) is 0 Å². The van der Waals surface area contributed by atoms with Crippen LogP contribution in [0.1, 0.15) is 15.9 Å². The number of carbonyl (C=O) groups is 2. The molecule has 5 nitrogen and oxygen atoms in total. The summed E-state index contributed by atoms with van der Waals surface area (Å²) in [6, 6.07) is 12.2. The lowest BCUT2D eigenvalue weighted by atomic mass is 10.1. The Morgan fingerprint density at radius 2 is 1.91 bits per heavy atom. The van der Waals surface area contributed by atoms with E-state index in [1.54, 1.807) is 49.4 Å².